The van der Waals surface area contributed by atoms with Crippen LogP contribution in [0.3, 0.4) is 0 Å². The Bertz CT molecular complexity index is 1780. The summed E-state index contributed by atoms with van der Waals surface area (Å²) >= 11 is 0. The quantitative estimate of drug-likeness (QED) is 0.157. The SMILES string of the molecule is C=C(C)c1ccccc1C1CCCN1C1CCC(c2ccc(C(=O)NS(=O)(=O)c3ccc(NCC4CCOCC4)c([N+](=O)[O-])c3)cc2)CC1. The molecule has 6 rings (SSSR count). The lowest BCUT2D eigenvalue weighted by molar-refractivity contribution is -0.384. The van der Waals surface area contributed by atoms with Gasteiger partial charge < -0.3 is 10.1 Å². The molecule has 3 aliphatic rings. The Kier molecular flexibility index (Phi) is 10.8. The second-order valence-corrected chi connectivity index (χ2v) is 15.4. The van der Waals surface area contributed by atoms with Gasteiger partial charge in [-0.05, 0) is 118 Å². The van der Waals surface area contributed by atoms with Gasteiger partial charge in [0.2, 0.25) is 0 Å². The first-order chi connectivity index (χ1) is 23.6. The van der Waals surface area contributed by atoms with E-state index in [9.17, 15) is 23.3 Å². The van der Waals surface area contributed by atoms with E-state index in [0.717, 1.165) is 62.3 Å². The van der Waals surface area contributed by atoms with E-state index in [1.807, 2.05) is 12.1 Å². The van der Waals surface area contributed by atoms with Crippen molar-refractivity contribution in [1.82, 2.24) is 9.62 Å². The number of nitrogens with zero attached hydrogens (tertiary/aromatic N) is 2. The Labute approximate surface area is 289 Å². The molecule has 2 saturated heterocycles. The fourth-order valence-corrected chi connectivity index (χ4v) is 8.80. The van der Waals surface area contributed by atoms with Crippen molar-refractivity contribution in [2.24, 2.45) is 5.92 Å². The highest BCUT2D eigenvalue weighted by Gasteiger charge is 2.35. The molecule has 0 spiro atoms. The van der Waals surface area contributed by atoms with Gasteiger partial charge in [-0.3, -0.25) is 19.8 Å². The number of ether oxygens (including phenoxy) is 1. The van der Waals surface area contributed by atoms with Crippen molar-refractivity contribution in [2.45, 2.75) is 81.2 Å². The molecule has 2 N–H and O–H groups in total. The van der Waals surface area contributed by atoms with Gasteiger partial charge in [0.15, 0.2) is 0 Å². The van der Waals surface area contributed by atoms with Crippen LogP contribution in [0.15, 0.2) is 78.2 Å². The molecule has 2 aliphatic heterocycles. The summed E-state index contributed by atoms with van der Waals surface area (Å²) in [4.78, 5) is 26.6. The van der Waals surface area contributed by atoms with E-state index in [4.69, 9.17) is 4.74 Å². The highest BCUT2D eigenvalue weighted by Crippen LogP contribution is 2.42. The molecule has 260 valence electrons. The van der Waals surface area contributed by atoms with Gasteiger partial charge in [-0.1, -0.05) is 48.6 Å². The van der Waals surface area contributed by atoms with Gasteiger partial charge in [-0.25, -0.2) is 13.1 Å². The normalized spacial score (nSPS) is 22.0. The zero-order valence-corrected chi connectivity index (χ0v) is 28.9. The molecule has 2 heterocycles. The van der Waals surface area contributed by atoms with Crippen LogP contribution in [0.25, 0.3) is 5.57 Å². The minimum Gasteiger partial charge on any atom is -0.381 e. The summed E-state index contributed by atoms with van der Waals surface area (Å²) in [6.45, 7) is 9.24. The van der Waals surface area contributed by atoms with Gasteiger partial charge in [0.1, 0.15) is 5.69 Å². The summed E-state index contributed by atoms with van der Waals surface area (Å²) in [5.41, 5.74) is 4.98. The molecule has 0 bridgehead atoms. The lowest BCUT2D eigenvalue weighted by Crippen LogP contribution is -2.37. The molecule has 1 atom stereocenters. The molecule has 1 amide bonds. The van der Waals surface area contributed by atoms with Crippen molar-refractivity contribution in [2.75, 3.05) is 31.6 Å². The second-order valence-electron chi connectivity index (χ2n) is 13.7. The number of nitro benzene ring substituents is 1. The monoisotopic (exact) mass is 686 g/mol. The Morgan fingerprint density at radius 1 is 0.980 bits per heavy atom. The molecule has 1 aliphatic carbocycles. The number of allylic oxidation sites excluding steroid dienone is 1. The highest BCUT2D eigenvalue weighted by atomic mass is 32.2. The Morgan fingerprint density at radius 3 is 2.39 bits per heavy atom. The maximum absolute atomic E-state index is 13.1. The third-order valence-corrected chi connectivity index (χ3v) is 11.8. The van der Waals surface area contributed by atoms with Gasteiger partial charge in [0, 0.05) is 43.5 Å². The lowest BCUT2D eigenvalue weighted by Gasteiger charge is -2.38. The fraction of sp³-hybridized carbons (Fsp3) is 0.447. The summed E-state index contributed by atoms with van der Waals surface area (Å²) in [7, 11) is -4.35. The van der Waals surface area contributed by atoms with Crippen molar-refractivity contribution in [1.29, 1.82) is 0 Å². The van der Waals surface area contributed by atoms with Crippen LogP contribution in [-0.4, -0.2) is 56.5 Å². The van der Waals surface area contributed by atoms with E-state index >= 15 is 0 Å². The van der Waals surface area contributed by atoms with Gasteiger partial charge in [-0.2, -0.15) is 0 Å². The van der Waals surface area contributed by atoms with E-state index in [2.05, 4.69) is 52.7 Å². The van der Waals surface area contributed by atoms with Crippen molar-refractivity contribution in [3.05, 3.63) is 106 Å². The predicted molar refractivity (Wildman–Crippen MR) is 191 cm³/mol. The molecule has 3 fully saturated rings. The minimum atomic E-state index is -4.35. The maximum atomic E-state index is 13.1. The fourth-order valence-electron chi connectivity index (χ4n) is 7.81. The summed E-state index contributed by atoms with van der Waals surface area (Å²) in [6, 6.07) is 20.4. The van der Waals surface area contributed by atoms with Crippen LogP contribution in [0.4, 0.5) is 11.4 Å². The number of likely N-dealkylation sites (tertiary alicyclic amines) is 1. The molecule has 0 aromatic heterocycles. The Hall–Kier alpha value is -4.06. The number of amides is 1. The number of hydrogen-bond donors (Lipinski definition) is 2. The summed E-state index contributed by atoms with van der Waals surface area (Å²) in [5.74, 6) is -0.0921. The molecule has 49 heavy (non-hydrogen) atoms. The molecule has 1 unspecified atom stereocenters. The first kappa shape index (κ1) is 34.8. The van der Waals surface area contributed by atoms with Gasteiger partial charge in [-0.15, -0.1) is 0 Å². The van der Waals surface area contributed by atoms with Gasteiger partial charge in [0.05, 0.1) is 9.82 Å². The number of sulfonamides is 1. The molecule has 10 nitrogen and oxygen atoms in total. The summed E-state index contributed by atoms with van der Waals surface area (Å²) < 4.78 is 33.7. The summed E-state index contributed by atoms with van der Waals surface area (Å²) in [5, 5.41) is 14.9. The third kappa shape index (κ3) is 8.06. The van der Waals surface area contributed by atoms with Crippen LogP contribution in [0.5, 0.6) is 0 Å². The van der Waals surface area contributed by atoms with Gasteiger partial charge in [0.25, 0.3) is 21.6 Å². The molecular weight excluding hydrogens is 641 g/mol. The van der Waals surface area contributed by atoms with Crippen molar-refractivity contribution in [3.8, 4) is 0 Å². The van der Waals surface area contributed by atoms with Crippen molar-refractivity contribution >= 4 is 32.9 Å². The second kappa shape index (κ2) is 15.2. The largest absolute Gasteiger partial charge is 0.381 e. The van der Waals surface area contributed by atoms with Crippen LogP contribution in [0.1, 0.15) is 97.3 Å². The Balaban J connectivity index is 1.05. The van der Waals surface area contributed by atoms with Crippen molar-refractivity contribution < 1.29 is 22.9 Å². The number of nitro groups is 1. The Morgan fingerprint density at radius 2 is 1.69 bits per heavy atom. The van der Waals surface area contributed by atoms with Crippen LogP contribution < -0.4 is 10.0 Å². The smallest absolute Gasteiger partial charge is 0.293 e. The number of nitrogens with one attached hydrogen (secondary N) is 2. The highest BCUT2D eigenvalue weighted by molar-refractivity contribution is 7.90. The van der Waals surface area contributed by atoms with Crippen LogP contribution in [0.2, 0.25) is 0 Å². The maximum Gasteiger partial charge on any atom is 0.293 e. The molecular formula is C38H46N4O6S. The number of hydrogen-bond acceptors (Lipinski definition) is 8. The number of benzene rings is 3. The zero-order chi connectivity index (χ0) is 34.5. The van der Waals surface area contributed by atoms with Crippen LogP contribution in [0, 0.1) is 16.0 Å². The van der Waals surface area contributed by atoms with Crippen molar-refractivity contribution in [3.63, 3.8) is 0 Å². The van der Waals surface area contributed by atoms with Crippen LogP contribution in [-0.2, 0) is 14.8 Å². The minimum absolute atomic E-state index is 0.210. The first-order valence-corrected chi connectivity index (χ1v) is 18.9. The number of rotatable bonds is 11. The summed E-state index contributed by atoms with van der Waals surface area (Å²) in [6.07, 6.45) is 8.38. The number of carbonyl (C=O) groups excluding carboxylic acids is 1. The first-order valence-electron chi connectivity index (χ1n) is 17.4. The van der Waals surface area contributed by atoms with E-state index in [1.54, 1.807) is 12.1 Å². The molecule has 3 aromatic carbocycles. The average molecular weight is 687 g/mol. The van der Waals surface area contributed by atoms with E-state index < -0.39 is 20.9 Å². The molecule has 3 aromatic rings. The zero-order valence-electron chi connectivity index (χ0n) is 28.1. The molecule has 0 radical (unpaired) electrons. The standard InChI is InChI=1S/C38H46N4O6S/c1-26(2)33-6-3-4-7-34(33)36-8-5-21-41(36)31-15-13-29(14-16-31)28-9-11-30(12-10-28)38(43)40-49(46,47)32-17-18-35(37(24-32)42(44)45)39-25-27-19-22-48-23-20-27/h3-4,6-7,9-12,17-18,24,27,29,31,36,39H,1,5,8,13-16,19-23,25H2,2H3,(H,40,43). The number of carbonyl (C=O) groups is 1. The van der Waals surface area contributed by atoms with Crippen LogP contribution >= 0.6 is 0 Å². The topological polar surface area (TPSA) is 131 Å². The average Bonchev–Trinajstić information content (AvgIpc) is 3.61. The van der Waals surface area contributed by atoms with E-state index in [0.29, 0.717) is 43.7 Å². The van der Waals surface area contributed by atoms with E-state index in [-0.39, 0.29) is 21.8 Å². The predicted octanol–water partition coefficient (Wildman–Crippen LogP) is 7.45. The third-order valence-electron chi connectivity index (χ3n) is 10.5. The van der Waals surface area contributed by atoms with Gasteiger partial charge >= 0.3 is 0 Å². The lowest BCUT2D eigenvalue weighted by atomic mass is 9.80. The molecule has 1 saturated carbocycles. The van der Waals surface area contributed by atoms with E-state index in [1.165, 1.54) is 36.1 Å². The molecule has 11 heteroatoms. The number of anilines is 1.